The first-order valence-electron chi connectivity index (χ1n) is 6.53. The monoisotopic (exact) mass is 275 g/mol. The van der Waals surface area contributed by atoms with E-state index in [9.17, 15) is 4.79 Å². The highest BCUT2D eigenvalue weighted by molar-refractivity contribution is 5.98. The van der Waals surface area contributed by atoms with Gasteiger partial charge in [0.05, 0.1) is 11.3 Å². The largest absolute Gasteiger partial charge is 0.365 e. The van der Waals surface area contributed by atoms with Crippen molar-refractivity contribution in [3.05, 3.63) is 72.4 Å². The van der Waals surface area contributed by atoms with Crippen LogP contribution in [0.3, 0.4) is 0 Å². The summed E-state index contributed by atoms with van der Waals surface area (Å²) in [5.41, 5.74) is 8.03. The molecule has 2 N–H and O–H groups in total. The Morgan fingerprint density at radius 1 is 0.857 bits per heavy atom. The quantitative estimate of drug-likeness (QED) is 0.799. The van der Waals surface area contributed by atoms with Crippen LogP contribution in [0.4, 0.5) is 0 Å². The summed E-state index contributed by atoms with van der Waals surface area (Å²) in [6, 6.07) is 19.1. The third kappa shape index (κ3) is 2.65. The Morgan fingerprint density at radius 3 is 2.00 bits per heavy atom. The van der Waals surface area contributed by atoms with E-state index in [-0.39, 0.29) is 0 Å². The van der Waals surface area contributed by atoms with Crippen LogP contribution in [0.5, 0.6) is 0 Å². The number of amides is 1. The molecule has 2 aromatic carbocycles. The average Bonchev–Trinajstić information content (AvgIpc) is 2.56. The fraction of sp³-hybridized carbons (Fsp3) is 0. The Hall–Kier alpha value is -3.01. The zero-order valence-electron chi connectivity index (χ0n) is 11.2. The Kier molecular flexibility index (Phi) is 3.43. The van der Waals surface area contributed by atoms with Gasteiger partial charge in [-0.3, -0.25) is 4.79 Å². The predicted molar refractivity (Wildman–Crippen MR) is 81.4 cm³/mol. The molecule has 1 amide bonds. The maximum absolute atomic E-state index is 11.6. The van der Waals surface area contributed by atoms with Crippen molar-refractivity contribution in [3.63, 3.8) is 0 Å². The van der Waals surface area contributed by atoms with Gasteiger partial charge in [-0.1, -0.05) is 60.7 Å². The molecule has 0 fully saturated rings. The molecule has 1 aromatic heterocycles. The number of benzene rings is 2. The number of nitrogens with zero attached hydrogens (tertiary/aromatic N) is 2. The van der Waals surface area contributed by atoms with Gasteiger partial charge in [-0.15, -0.1) is 0 Å². The van der Waals surface area contributed by atoms with Crippen LogP contribution < -0.4 is 5.73 Å². The van der Waals surface area contributed by atoms with Crippen LogP contribution in [0, 0.1) is 0 Å². The van der Waals surface area contributed by atoms with Gasteiger partial charge in [0, 0.05) is 17.3 Å². The molecule has 0 saturated heterocycles. The predicted octanol–water partition coefficient (Wildman–Crippen LogP) is 2.91. The first-order valence-corrected chi connectivity index (χ1v) is 6.53. The molecular formula is C17H13N3O. The lowest BCUT2D eigenvalue weighted by atomic mass is 10.1. The van der Waals surface area contributed by atoms with E-state index in [0.29, 0.717) is 17.1 Å². The standard InChI is InChI=1S/C17H13N3O/c18-16(21)14-11-19-17(13-9-5-2-6-10-13)20-15(14)12-7-3-1-4-8-12/h1-11H,(H2,18,21). The number of hydrogen-bond acceptors (Lipinski definition) is 3. The number of hydrogen-bond donors (Lipinski definition) is 1. The minimum absolute atomic E-state index is 0.320. The summed E-state index contributed by atoms with van der Waals surface area (Å²) in [4.78, 5) is 20.4. The fourth-order valence-corrected chi connectivity index (χ4v) is 2.10. The van der Waals surface area contributed by atoms with Crippen LogP contribution in [0.2, 0.25) is 0 Å². The second kappa shape index (κ2) is 5.54. The van der Waals surface area contributed by atoms with Gasteiger partial charge in [0.1, 0.15) is 0 Å². The smallest absolute Gasteiger partial charge is 0.252 e. The van der Waals surface area contributed by atoms with Crippen LogP contribution in [-0.2, 0) is 0 Å². The summed E-state index contributed by atoms with van der Waals surface area (Å²) in [7, 11) is 0. The Morgan fingerprint density at radius 2 is 1.43 bits per heavy atom. The lowest BCUT2D eigenvalue weighted by molar-refractivity contribution is 0.100. The highest BCUT2D eigenvalue weighted by Crippen LogP contribution is 2.24. The van der Waals surface area contributed by atoms with Crippen molar-refractivity contribution in [1.29, 1.82) is 0 Å². The van der Waals surface area contributed by atoms with Crippen molar-refractivity contribution in [2.45, 2.75) is 0 Å². The SMILES string of the molecule is NC(=O)c1cnc(-c2ccccc2)nc1-c1ccccc1. The molecule has 0 spiro atoms. The second-order valence-electron chi connectivity index (χ2n) is 4.55. The van der Waals surface area contributed by atoms with Gasteiger partial charge < -0.3 is 5.73 Å². The summed E-state index contributed by atoms with van der Waals surface area (Å²) >= 11 is 0. The molecular weight excluding hydrogens is 262 g/mol. The minimum atomic E-state index is -0.534. The fourth-order valence-electron chi connectivity index (χ4n) is 2.10. The molecule has 0 aliphatic rings. The van der Waals surface area contributed by atoms with E-state index in [2.05, 4.69) is 9.97 Å². The lowest BCUT2D eigenvalue weighted by Crippen LogP contribution is -2.14. The van der Waals surface area contributed by atoms with Crippen molar-refractivity contribution < 1.29 is 4.79 Å². The Balaban J connectivity index is 2.18. The molecule has 0 unspecified atom stereocenters. The average molecular weight is 275 g/mol. The first-order chi connectivity index (χ1) is 10.3. The van der Waals surface area contributed by atoms with Crippen LogP contribution in [0.25, 0.3) is 22.6 Å². The summed E-state index contributed by atoms with van der Waals surface area (Å²) in [5.74, 6) is 0.0351. The van der Waals surface area contributed by atoms with Gasteiger partial charge in [0.15, 0.2) is 5.82 Å². The number of carbonyl (C=O) groups is 1. The second-order valence-corrected chi connectivity index (χ2v) is 4.55. The van der Waals surface area contributed by atoms with Crippen LogP contribution >= 0.6 is 0 Å². The number of aromatic nitrogens is 2. The van der Waals surface area contributed by atoms with E-state index in [1.807, 2.05) is 60.7 Å². The Bertz CT molecular complexity index is 771. The number of primary amides is 1. The highest BCUT2D eigenvalue weighted by atomic mass is 16.1. The summed E-state index contributed by atoms with van der Waals surface area (Å²) in [5, 5.41) is 0. The molecule has 21 heavy (non-hydrogen) atoms. The zero-order chi connectivity index (χ0) is 14.7. The molecule has 3 rings (SSSR count). The van der Waals surface area contributed by atoms with Gasteiger partial charge in [0.25, 0.3) is 5.91 Å². The number of rotatable bonds is 3. The maximum Gasteiger partial charge on any atom is 0.252 e. The van der Waals surface area contributed by atoms with E-state index in [0.717, 1.165) is 11.1 Å². The topological polar surface area (TPSA) is 68.9 Å². The van der Waals surface area contributed by atoms with E-state index >= 15 is 0 Å². The van der Waals surface area contributed by atoms with Gasteiger partial charge in [-0.25, -0.2) is 9.97 Å². The molecule has 0 bridgehead atoms. The van der Waals surface area contributed by atoms with Crippen molar-refractivity contribution in [1.82, 2.24) is 9.97 Å². The molecule has 0 aliphatic heterocycles. The molecule has 4 nitrogen and oxygen atoms in total. The molecule has 102 valence electrons. The molecule has 4 heteroatoms. The summed E-state index contributed by atoms with van der Waals surface area (Å²) < 4.78 is 0. The van der Waals surface area contributed by atoms with Crippen LogP contribution in [-0.4, -0.2) is 15.9 Å². The zero-order valence-corrected chi connectivity index (χ0v) is 11.2. The van der Waals surface area contributed by atoms with Gasteiger partial charge in [0.2, 0.25) is 0 Å². The Labute approximate surface area is 122 Å². The normalized spacial score (nSPS) is 10.3. The summed E-state index contributed by atoms with van der Waals surface area (Å²) in [6.07, 6.45) is 1.49. The van der Waals surface area contributed by atoms with Crippen molar-refractivity contribution >= 4 is 5.91 Å². The molecule has 0 aliphatic carbocycles. The number of carbonyl (C=O) groups excluding carboxylic acids is 1. The highest BCUT2D eigenvalue weighted by Gasteiger charge is 2.14. The summed E-state index contributed by atoms with van der Waals surface area (Å²) in [6.45, 7) is 0. The molecule has 0 atom stereocenters. The molecule has 0 saturated carbocycles. The third-order valence-corrected chi connectivity index (χ3v) is 3.13. The van der Waals surface area contributed by atoms with Crippen molar-refractivity contribution in [2.24, 2.45) is 5.73 Å². The van der Waals surface area contributed by atoms with E-state index in [1.165, 1.54) is 6.20 Å². The van der Waals surface area contributed by atoms with E-state index < -0.39 is 5.91 Å². The van der Waals surface area contributed by atoms with Gasteiger partial charge >= 0.3 is 0 Å². The van der Waals surface area contributed by atoms with Crippen molar-refractivity contribution in [3.8, 4) is 22.6 Å². The first kappa shape index (κ1) is 13.0. The van der Waals surface area contributed by atoms with Gasteiger partial charge in [-0.05, 0) is 0 Å². The molecule has 3 aromatic rings. The third-order valence-electron chi connectivity index (χ3n) is 3.13. The molecule has 1 heterocycles. The van der Waals surface area contributed by atoms with E-state index in [4.69, 9.17) is 5.73 Å². The minimum Gasteiger partial charge on any atom is -0.365 e. The molecule has 0 radical (unpaired) electrons. The van der Waals surface area contributed by atoms with Gasteiger partial charge in [-0.2, -0.15) is 0 Å². The lowest BCUT2D eigenvalue weighted by Gasteiger charge is -2.08. The maximum atomic E-state index is 11.6. The van der Waals surface area contributed by atoms with E-state index in [1.54, 1.807) is 0 Å². The van der Waals surface area contributed by atoms with Crippen LogP contribution in [0.1, 0.15) is 10.4 Å². The van der Waals surface area contributed by atoms with Crippen molar-refractivity contribution in [2.75, 3.05) is 0 Å². The number of nitrogens with two attached hydrogens (primary N) is 1. The van der Waals surface area contributed by atoms with Crippen LogP contribution in [0.15, 0.2) is 66.9 Å².